The largest absolute Gasteiger partial charge is 3.00 e. The maximum Gasteiger partial charge on any atom is 3.00 e. The third-order valence-corrected chi connectivity index (χ3v) is 15.3. The van der Waals surface area contributed by atoms with E-state index in [0.29, 0.717) is 33.4 Å². The van der Waals surface area contributed by atoms with Gasteiger partial charge in [0.05, 0.1) is 11.0 Å². The minimum atomic E-state index is -0.274. The van der Waals surface area contributed by atoms with Crippen LogP contribution in [0, 0.1) is 49.4 Å². The van der Waals surface area contributed by atoms with Crippen LogP contribution in [0.4, 0.5) is 0 Å². The molecule has 0 N–H and O–H groups in total. The molecule has 15 rings (SSSR count). The standard InChI is InChI=1S/3C23H16O2.C12H8N2.Eu/c3*24-22(20-11-9-16-5-1-3-7-18(16)13-20)15-23(25)21-12-10-17-6-2-4-8-19(17)14-21;1-3-9-5-6-10-4-2-8-14-12(10)11(9)13-7-1;/h3*1-15,24H;1-8H;/q;;;;+3/p-3/b3*22-15-;;. The monoisotopic (exact) mass is 1300 g/mol. The molecule has 0 aliphatic carbocycles. The van der Waals surface area contributed by atoms with Crippen molar-refractivity contribution in [2.75, 3.05) is 0 Å². The molecule has 9 heteroatoms. The third kappa shape index (κ3) is 14.5. The molecule has 8 nitrogen and oxygen atoms in total. The van der Waals surface area contributed by atoms with Crippen molar-refractivity contribution < 1.29 is 79.1 Å². The molecule has 0 radical (unpaired) electrons. The predicted octanol–water partition coefficient (Wildman–Crippen LogP) is 16.5. The third-order valence-electron chi connectivity index (χ3n) is 15.3. The summed E-state index contributed by atoms with van der Waals surface area (Å²) >= 11 is 0. The molecule has 2 heterocycles. The summed E-state index contributed by atoms with van der Waals surface area (Å²) in [6.45, 7) is 0. The number of carbonyl (C=O) groups excluding carboxylic acids is 3. The number of benzene rings is 13. The Kier molecular flexibility index (Phi) is 19.4. The van der Waals surface area contributed by atoms with Crippen LogP contribution in [0.25, 0.3) is 104 Å². The number of allylic oxidation sites excluding steroid dienone is 3. The molecule has 0 aliphatic rings. The van der Waals surface area contributed by atoms with Crippen LogP contribution in [0.3, 0.4) is 0 Å². The Labute approximate surface area is 560 Å². The Morgan fingerprint density at radius 1 is 0.233 bits per heavy atom. The number of pyridine rings is 2. The quantitative estimate of drug-likeness (QED) is 0.0601. The summed E-state index contributed by atoms with van der Waals surface area (Å²) < 4.78 is 0. The van der Waals surface area contributed by atoms with Crippen molar-refractivity contribution in [1.29, 1.82) is 0 Å². The van der Waals surface area contributed by atoms with E-state index in [0.717, 1.165) is 86.4 Å². The zero-order chi connectivity index (χ0) is 61.1. The second-order valence-electron chi connectivity index (χ2n) is 21.2. The van der Waals surface area contributed by atoms with Crippen molar-refractivity contribution in [3.63, 3.8) is 0 Å². The number of aromatic nitrogens is 2. The number of hydrogen-bond donors (Lipinski definition) is 0. The van der Waals surface area contributed by atoms with Gasteiger partial charge in [-0.3, -0.25) is 24.4 Å². The second-order valence-corrected chi connectivity index (χ2v) is 21.2. The fraction of sp³-hybridized carbons (Fsp3) is 0. The molecule has 2 aromatic heterocycles. The molecule has 15 aromatic rings. The van der Waals surface area contributed by atoms with E-state index in [1.165, 1.54) is 18.2 Å². The van der Waals surface area contributed by atoms with Gasteiger partial charge in [-0.2, -0.15) is 0 Å². The topological polar surface area (TPSA) is 146 Å². The Hall–Kier alpha value is -10.5. The minimum absolute atomic E-state index is 0. The summed E-state index contributed by atoms with van der Waals surface area (Å²) in [6.07, 6.45) is 7.13. The van der Waals surface area contributed by atoms with Crippen molar-refractivity contribution >= 4 is 121 Å². The number of nitrogens with zero attached hydrogens (tertiary/aromatic N) is 2. The first-order valence-corrected chi connectivity index (χ1v) is 28.9. The smallest absolute Gasteiger partial charge is 0.872 e. The summed E-state index contributed by atoms with van der Waals surface area (Å²) in [5, 5.41) is 52.0. The Morgan fingerprint density at radius 3 is 0.667 bits per heavy atom. The molecular weight excluding hydrogens is 1250 g/mol. The van der Waals surface area contributed by atoms with Crippen LogP contribution in [0.15, 0.2) is 322 Å². The van der Waals surface area contributed by atoms with Crippen LogP contribution in [0.5, 0.6) is 0 Å². The summed E-state index contributed by atoms with van der Waals surface area (Å²) in [5.41, 5.74) is 5.08. The SMILES string of the molecule is O=C(/C=C(\[O-])c1ccc2ccccc2c1)c1ccc2ccccc2c1.O=C(/C=C(\[O-])c1ccc2ccccc2c1)c1ccc2ccccc2c1.O=C(/C=C(\[O-])c1ccc2ccccc2c1)c1ccc2ccccc2c1.[Eu+3].c1cnc2c(c1)ccc1cccnc12. The number of rotatable bonds is 9. The normalized spacial score (nSPS) is 11.5. The first kappa shape index (κ1) is 61.1. The van der Waals surface area contributed by atoms with E-state index in [1.54, 1.807) is 48.8 Å². The molecule has 0 amide bonds. The van der Waals surface area contributed by atoms with Gasteiger partial charge in [0.2, 0.25) is 0 Å². The minimum Gasteiger partial charge on any atom is -0.872 e. The predicted molar refractivity (Wildman–Crippen MR) is 358 cm³/mol. The maximum atomic E-state index is 12.5. The molecule has 0 saturated heterocycles. The first-order valence-electron chi connectivity index (χ1n) is 28.9. The van der Waals surface area contributed by atoms with Gasteiger partial charge in [-0.15, -0.1) is 0 Å². The van der Waals surface area contributed by atoms with E-state index in [4.69, 9.17) is 0 Å². The number of carbonyl (C=O) groups is 3. The van der Waals surface area contributed by atoms with Crippen molar-refractivity contribution in [2.45, 2.75) is 0 Å². The van der Waals surface area contributed by atoms with E-state index < -0.39 is 0 Å². The van der Waals surface area contributed by atoms with Gasteiger partial charge in [0.25, 0.3) is 0 Å². The molecule has 0 fully saturated rings. The molecule has 0 bridgehead atoms. The first-order chi connectivity index (χ1) is 43.6. The molecular formula is C81H53EuN2O6. The number of fused-ring (bicyclic) bond motifs is 9. The van der Waals surface area contributed by atoms with Crippen LogP contribution in [0.2, 0.25) is 0 Å². The molecule has 430 valence electrons. The summed E-state index contributed by atoms with van der Waals surface area (Å²) in [5.74, 6) is -1.64. The number of hydrogen-bond acceptors (Lipinski definition) is 8. The van der Waals surface area contributed by atoms with Gasteiger partial charge < -0.3 is 15.3 Å². The van der Waals surface area contributed by atoms with E-state index >= 15 is 0 Å². The summed E-state index contributed by atoms with van der Waals surface area (Å²) in [7, 11) is 0. The van der Waals surface area contributed by atoms with Crippen molar-refractivity contribution in [2.24, 2.45) is 0 Å². The van der Waals surface area contributed by atoms with Gasteiger partial charge in [0.15, 0.2) is 17.3 Å². The van der Waals surface area contributed by atoms with Crippen molar-refractivity contribution in [3.8, 4) is 0 Å². The Balaban J connectivity index is 0.000000125. The fourth-order valence-corrected chi connectivity index (χ4v) is 10.6. The summed E-state index contributed by atoms with van der Waals surface area (Å²) in [6, 6.07) is 92.0. The van der Waals surface area contributed by atoms with Gasteiger partial charge in [0, 0.05) is 39.9 Å². The average Bonchev–Trinajstić information content (AvgIpc) is 3.12. The van der Waals surface area contributed by atoms with Crippen molar-refractivity contribution in [3.05, 3.63) is 355 Å². The molecule has 0 atom stereocenters. The zero-order valence-corrected chi connectivity index (χ0v) is 50.7. The maximum absolute atomic E-state index is 12.5. The Bertz CT molecular complexity index is 4800. The molecule has 13 aromatic carbocycles. The van der Waals surface area contributed by atoms with Crippen LogP contribution in [-0.4, -0.2) is 27.3 Å². The van der Waals surface area contributed by atoms with Gasteiger partial charge in [0.1, 0.15) is 0 Å². The molecule has 0 unspecified atom stereocenters. The van der Waals surface area contributed by atoms with Crippen LogP contribution < -0.4 is 15.3 Å². The summed E-state index contributed by atoms with van der Waals surface area (Å²) in [4.78, 5) is 46.1. The van der Waals surface area contributed by atoms with E-state index in [9.17, 15) is 29.7 Å². The molecule has 0 saturated carbocycles. The van der Waals surface area contributed by atoms with Gasteiger partial charge >= 0.3 is 49.4 Å². The van der Waals surface area contributed by atoms with E-state index in [-0.39, 0.29) is 84.0 Å². The zero-order valence-electron chi connectivity index (χ0n) is 48.3. The van der Waals surface area contributed by atoms with Crippen LogP contribution >= 0.6 is 0 Å². The van der Waals surface area contributed by atoms with Crippen molar-refractivity contribution in [1.82, 2.24) is 9.97 Å². The second kappa shape index (κ2) is 28.5. The molecule has 90 heavy (non-hydrogen) atoms. The fourth-order valence-electron chi connectivity index (χ4n) is 10.6. The molecule has 0 aliphatic heterocycles. The van der Waals surface area contributed by atoms with E-state index in [1.807, 2.05) is 231 Å². The van der Waals surface area contributed by atoms with Crippen LogP contribution in [0.1, 0.15) is 47.8 Å². The van der Waals surface area contributed by atoms with Gasteiger partial charge in [-0.1, -0.05) is 260 Å². The average molecular weight is 1300 g/mol. The number of ketones is 3. The van der Waals surface area contributed by atoms with E-state index in [2.05, 4.69) is 34.2 Å². The van der Waals surface area contributed by atoms with Gasteiger partial charge in [-0.05, 0) is 148 Å². The van der Waals surface area contributed by atoms with Crippen LogP contribution in [-0.2, 0) is 0 Å². The molecule has 0 spiro atoms. The Morgan fingerprint density at radius 2 is 0.422 bits per heavy atom. The van der Waals surface area contributed by atoms with Gasteiger partial charge in [-0.25, -0.2) is 0 Å².